The Morgan fingerprint density at radius 2 is 1.96 bits per heavy atom. The van der Waals surface area contributed by atoms with Gasteiger partial charge >= 0.3 is 0 Å². The number of fused-ring (bicyclic) bond motifs is 1. The summed E-state index contributed by atoms with van der Waals surface area (Å²) < 4.78 is 1.85. The molecule has 1 aromatic carbocycles. The highest BCUT2D eigenvalue weighted by Gasteiger charge is 2.25. The Labute approximate surface area is 164 Å². The molecule has 3 heterocycles. The number of benzene rings is 1. The predicted molar refractivity (Wildman–Crippen MR) is 106 cm³/mol. The molecule has 6 nitrogen and oxygen atoms in total. The standard InChI is InChI=1S/C18H19N5O.2ClH/c19-16-6-7-22(12-16)18(24)15-8-14-10-21-23(17(14)20-9-15)11-13-4-2-1-3-5-13;;/h1-5,8-10,16H,6-7,11-12,19H2;2*1H. The fraction of sp³-hybridized carbons (Fsp3) is 0.278. The first-order chi connectivity index (χ1) is 11.7. The first-order valence-electron chi connectivity index (χ1n) is 8.11. The molecule has 1 amide bonds. The van der Waals surface area contributed by atoms with Gasteiger partial charge in [0.15, 0.2) is 5.65 Å². The van der Waals surface area contributed by atoms with Crippen LogP contribution in [-0.2, 0) is 6.54 Å². The lowest BCUT2D eigenvalue weighted by atomic mass is 10.2. The maximum atomic E-state index is 12.5. The Kier molecular flexibility index (Phi) is 6.58. The number of likely N-dealkylation sites (tertiary alicyclic amines) is 1. The van der Waals surface area contributed by atoms with Gasteiger partial charge in [-0.2, -0.15) is 5.10 Å². The van der Waals surface area contributed by atoms with Crippen LogP contribution in [0.2, 0.25) is 0 Å². The van der Waals surface area contributed by atoms with Crippen LogP contribution in [0.3, 0.4) is 0 Å². The SMILES string of the molecule is Cl.Cl.NC1CCN(C(=O)c2cnc3c(cnn3Cc3ccccc3)c2)C1. The summed E-state index contributed by atoms with van der Waals surface area (Å²) in [5, 5.41) is 5.29. The summed E-state index contributed by atoms with van der Waals surface area (Å²) in [6.45, 7) is 1.99. The monoisotopic (exact) mass is 393 g/mol. The van der Waals surface area contributed by atoms with Gasteiger partial charge in [-0.1, -0.05) is 30.3 Å². The van der Waals surface area contributed by atoms with Crippen LogP contribution in [0.15, 0.2) is 48.8 Å². The molecule has 0 radical (unpaired) electrons. The van der Waals surface area contributed by atoms with E-state index >= 15 is 0 Å². The Morgan fingerprint density at radius 1 is 1.19 bits per heavy atom. The number of hydrogen-bond donors (Lipinski definition) is 1. The van der Waals surface area contributed by atoms with Crippen molar-refractivity contribution in [3.63, 3.8) is 0 Å². The van der Waals surface area contributed by atoms with Crippen molar-refractivity contribution in [2.24, 2.45) is 5.73 Å². The van der Waals surface area contributed by atoms with Gasteiger partial charge in [-0.25, -0.2) is 9.67 Å². The quantitative estimate of drug-likeness (QED) is 0.741. The Hall–Kier alpha value is -2.15. The topological polar surface area (TPSA) is 77.0 Å². The molecule has 0 aliphatic carbocycles. The molecule has 1 aliphatic heterocycles. The minimum Gasteiger partial charge on any atom is -0.337 e. The molecule has 0 saturated carbocycles. The Bertz CT molecular complexity index is 884. The van der Waals surface area contributed by atoms with Crippen molar-refractivity contribution >= 4 is 41.8 Å². The number of nitrogens with zero attached hydrogens (tertiary/aromatic N) is 4. The zero-order chi connectivity index (χ0) is 16.5. The molecule has 138 valence electrons. The van der Waals surface area contributed by atoms with Crippen molar-refractivity contribution in [3.8, 4) is 0 Å². The second-order valence-electron chi connectivity index (χ2n) is 6.22. The molecule has 1 saturated heterocycles. The summed E-state index contributed by atoms with van der Waals surface area (Å²) in [7, 11) is 0. The first-order valence-corrected chi connectivity index (χ1v) is 8.11. The minimum absolute atomic E-state index is 0. The van der Waals surface area contributed by atoms with Gasteiger partial charge in [0.2, 0.25) is 0 Å². The van der Waals surface area contributed by atoms with Gasteiger partial charge in [0.25, 0.3) is 5.91 Å². The fourth-order valence-corrected chi connectivity index (χ4v) is 3.12. The third-order valence-corrected chi connectivity index (χ3v) is 4.41. The summed E-state index contributed by atoms with van der Waals surface area (Å²) >= 11 is 0. The van der Waals surface area contributed by atoms with Crippen LogP contribution >= 0.6 is 24.8 Å². The van der Waals surface area contributed by atoms with Crippen LogP contribution in [0.1, 0.15) is 22.3 Å². The van der Waals surface area contributed by atoms with E-state index in [4.69, 9.17) is 5.73 Å². The number of nitrogens with two attached hydrogens (primary N) is 1. The van der Waals surface area contributed by atoms with Crippen LogP contribution in [0, 0.1) is 0 Å². The molecule has 4 rings (SSSR count). The molecule has 3 aromatic rings. The molecular formula is C18H21Cl2N5O. The van der Waals surface area contributed by atoms with E-state index in [1.54, 1.807) is 17.3 Å². The van der Waals surface area contributed by atoms with Crippen LogP contribution in [0.5, 0.6) is 0 Å². The van der Waals surface area contributed by atoms with Gasteiger partial charge in [0.1, 0.15) is 0 Å². The van der Waals surface area contributed by atoms with E-state index in [-0.39, 0.29) is 36.8 Å². The molecule has 2 N–H and O–H groups in total. The molecule has 1 atom stereocenters. The maximum absolute atomic E-state index is 12.5. The second-order valence-corrected chi connectivity index (χ2v) is 6.22. The normalized spacial score (nSPS) is 16.2. The number of halogens is 2. The molecule has 8 heteroatoms. The number of aromatic nitrogens is 3. The molecular weight excluding hydrogens is 373 g/mol. The average molecular weight is 394 g/mol. The van der Waals surface area contributed by atoms with Crippen molar-refractivity contribution < 1.29 is 4.79 Å². The first kappa shape index (κ1) is 20.2. The van der Waals surface area contributed by atoms with Crippen molar-refractivity contribution in [2.45, 2.75) is 19.0 Å². The van der Waals surface area contributed by atoms with Gasteiger partial charge < -0.3 is 10.6 Å². The third-order valence-electron chi connectivity index (χ3n) is 4.41. The van der Waals surface area contributed by atoms with Crippen LogP contribution in [-0.4, -0.2) is 44.7 Å². The van der Waals surface area contributed by atoms with Crippen molar-refractivity contribution in [1.82, 2.24) is 19.7 Å². The largest absolute Gasteiger partial charge is 0.337 e. The highest BCUT2D eigenvalue weighted by atomic mass is 35.5. The lowest BCUT2D eigenvalue weighted by Gasteiger charge is -2.15. The summed E-state index contributed by atoms with van der Waals surface area (Å²) in [5.74, 6) is -0.00633. The Balaban J connectivity index is 0.00000121. The summed E-state index contributed by atoms with van der Waals surface area (Å²) in [6.07, 6.45) is 4.26. The van der Waals surface area contributed by atoms with Crippen LogP contribution in [0.4, 0.5) is 0 Å². The molecule has 1 fully saturated rings. The zero-order valence-electron chi connectivity index (χ0n) is 14.1. The Morgan fingerprint density at radius 3 is 2.65 bits per heavy atom. The van der Waals surface area contributed by atoms with Crippen molar-refractivity contribution in [1.29, 1.82) is 0 Å². The van der Waals surface area contributed by atoms with Gasteiger partial charge in [-0.3, -0.25) is 4.79 Å². The number of rotatable bonds is 3. The summed E-state index contributed by atoms with van der Waals surface area (Å²) in [6, 6.07) is 12.1. The smallest absolute Gasteiger partial charge is 0.255 e. The molecule has 2 aromatic heterocycles. The third kappa shape index (κ3) is 3.98. The molecule has 1 aliphatic rings. The van der Waals surface area contributed by atoms with Gasteiger partial charge in [0.05, 0.1) is 18.3 Å². The predicted octanol–water partition coefficient (Wildman–Crippen LogP) is 2.50. The van der Waals surface area contributed by atoms with Crippen LogP contribution in [0.25, 0.3) is 11.0 Å². The van der Waals surface area contributed by atoms with E-state index in [1.807, 2.05) is 28.9 Å². The number of carbonyl (C=O) groups excluding carboxylic acids is 1. The fourth-order valence-electron chi connectivity index (χ4n) is 3.12. The highest BCUT2D eigenvalue weighted by Crippen LogP contribution is 2.17. The van der Waals surface area contributed by atoms with E-state index in [1.165, 1.54) is 0 Å². The average Bonchev–Trinajstić information content (AvgIpc) is 3.21. The molecule has 0 bridgehead atoms. The molecule has 26 heavy (non-hydrogen) atoms. The van der Waals surface area contributed by atoms with E-state index in [0.717, 1.165) is 23.0 Å². The molecule has 0 spiro atoms. The second kappa shape index (κ2) is 8.49. The van der Waals surface area contributed by atoms with Gasteiger partial charge in [-0.05, 0) is 18.1 Å². The number of carbonyl (C=O) groups is 1. The van der Waals surface area contributed by atoms with Crippen LogP contribution < -0.4 is 5.73 Å². The lowest BCUT2D eigenvalue weighted by molar-refractivity contribution is 0.0790. The van der Waals surface area contributed by atoms with E-state index in [9.17, 15) is 4.79 Å². The highest BCUT2D eigenvalue weighted by molar-refractivity contribution is 5.97. The maximum Gasteiger partial charge on any atom is 0.255 e. The van der Waals surface area contributed by atoms with E-state index in [2.05, 4.69) is 22.2 Å². The zero-order valence-corrected chi connectivity index (χ0v) is 15.7. The number of pyridine rings is 1. The minimum atomic E-state index is -0.00633. The van der Waals surface area contributed by atoms with Gasteiger partial charge in [0, 0.05) is 30.7 Å². The van der Waals surface area contributed by atoms with Gasteiger partial charge in [-0.15, -0.1) is 24.8 Å². The van der Waals surface area contributed by atoms with Crippen molar-refractivity contribution in [3.05, 3.63) is 59.9 Å². The number of amides is 1. The van der Waals surface area contributed by atoms with Crippen molar-refractivity contribution in [2.75, 3.05) is 13.1 Å². The number of hydrogen-bond acceptors (Lipinski definition) is 4. The summed E-state index contributed by atoms with van der Waals surface area (Å²) in [4.78, 5) is 18.8. The summed E-state index contributed by atoms with van der Waals surface area (Å²) in [5.41, 5.74) is 8.43. The van der Waals surface area contributed by atoms with E-state index < -0.39 is 0 Å². The lowest BCUT2D eigenvalue weighted by Crippen LogP contribution is -2.31. The van der Waals surface area contributed by atoms with E-state index in [0.29, 0.717) is 25.2 Å². The molecule has 1 unspecified atom stereocenters.